The summed E-state index contributed by atoms with van der Waals surface area (Å²) in [7, 11) is 0. The Hall–Kier alpha value is -0.340. The number of hydrogen-bond acceptors (Lipinski definition) is 2. The fourth-order valence-corrected chi connectivity index (χ4v) is 3.03. The van der Waals surface area contributed by atoms with Crippen LogP contribution < -0.4 is 5.32 Å². The van der Waals surface area contributed by atoms with Crippen molar-refractivity contribution in [3.63, 3.8) is 0 Å². The standard InChI is InChI=1S/C15H27NS/c1-4-6-13(3)15(16-10-5-2)8-7-14-9-11-17-12-14/h9,11-13,15-16H,4-8,10H2,1-3H3. The molecule has 2 heteroatoms. The number of thiophene rings is 1. The van der Waals surface area contributed by atoms with E-state index in [0.29, 0.717) is 6.04 Å². The van der Waals surface area contributed by atoms with Gasteiger partial charge in [-0.1, -0.05) is 27.2 Å². The summed E-state index contributed by atoms with van der Waals surface area (Å²) in [5.74, 6) is 0.796. The van der Waals surface area contributed by atoms with E-state index in [1.54, 1.807) is 0 Å². The molecule has 0 amide bonds. The summed E-state index contributed by atoms with van der Waals surface area (Å²) in [4.78, 5) is 0. The lowest BCUT2D eigenvalue weighted by Crippen LogP contribution is -2.36. The predicted octanol–water partition coefficient (Wildman–Crippen LogP) is 4.49. The molecule has 0 radical (unpaired) electrons. The van der Waals surface area contributed by atoms with Crippen molar-refractivity contribution in [2.45, 2.75) is 58.9 Å². The summed E-state index contributed by atoms with van der Waals surface area (Å²) >= 11 is 1.81. The van der Waals surface area contributed by atoms with Crippen LogP contribution in [0, 0.1) is 5.92 Å². The highest BCUT2D eigenvalue weighted by atomic mass is 32.1. The molecule has 1 rings (SSSR count). The van der Waals surface area contributed by atoms with Gasteiger partial charge in [-0.2, -0.15) is 11.3 Å². The Morgan fingerprint density at radius 3 is 2.65 bits per heavy atom. The van der Waals surface area contributed by atoms with Crippen LogP contribution in [0.5, 0.6) is 0 Å². The van der Waals surface area contributed by atoms with Crippen LogP contribution in [0.1, 0.15) is 52.0 Å². The Kier molecular flexibility index (Phi) is 7.54. The lowest BCUT2D eigenvalue weighted by atomic mass is 9.92. The van der Waals surface area contributed by atoms with Gasteiger partial charge in [0.05, 0.1) is 0 Å². The topological polar surface area (TPSA) is 12.0 Å². The van der Waals surface area contributed by atoms with Gasteiger partial charge in [0, 0.05) is 6.04 Å². The van der Waals surface area contributed by atoms with Crippen molar-refractivity contribution in [1.29, 1.82) is 0 Å². The normalized spacial score (nSPS) is 14.8. The van der Waals surface area contributed by atoms with Crippen LogP contribution in [0.2, 0.25) is 0 Å². The van der Waals surface area contributed by atoms with Gasteiger partial charge in [0.15, 0.2) is 0 Å². The second kappa shape index (κ2) is 8.71. The molecule has 1 heterocycles. The zero-order chi connectivity index (χ0) is 12.5. The zero-order valence-corrected chi connectivity index (χ0v) is 12.4. The van der Waals surface area contributed by atoms with Crippen molar-refractivity contribution in [1.82, 2.24) is 5.32 Å². The first kappa shape index (κ1) is 14.7. The molecule has 0 saturated heterocycles. The zero-order valence-electron chi connectivity index (χ0n) is 11.5. The maximum absolute atomic E-state index is 3.72. The molecule has 2 unspecified atom stereocenters. The van der Waals surface area contributed by atoms with E-state index >= 15 is 0 Å². The first-order chi connectivity index (χ1) is 8.27. The predicted molar refractivity (Wildman–Crippen MR) is 78.8 cm³/mol. The Morgan fingerprint density at radius 1 is 1.24 bits per heavy atom. The summed E-state index contributed by atoms with van der Waals surface area (Å²) in [5.41, 5.74) is 1.50. The molecule has 98 valence electrons. The van der Waals surface area contributed by atoms with Crippen LogP contribution in [-0.2, 0) is 6.42 Å². The van der Waals surface area contributed by atoms with E-state index in [1.807, 2.05) is 11.3 Å². The number of aryl methyl sites for hydroxylation is 1. The maximum atomic E-state index is 3.72. The molecular weight excluding hydrogens is 226 g/mol. The van der Waals surface area contributed by atoms with Crippen molar-refractivity contribution >= 4 is 11.3 Å². The molecule has 0 aliphatic rings. The molecule has 1 aromatic rings. The minimum absolute atomic E-state index is 0.690. The Labute approximate surface area is 111 Å². The summed E-state index contributed by atoms with van der Waals surface area (Å²) in [6, 6.07) is 2.95. The van der Waals surface area contributed by atoms with Gasteiger partial charge in [-0.05, 0) is 60.5 Å². The van der Waals surface area contributed by atoms with Crippen molar-refractivity contribution in [2.24, 2.45) is 5.92 Å². The number of nitrogens with one attached hydrogen (secondary N) is 1. The summed E-state index contributed by atoms with van der Waals surface area (Å²) < 4.78 is 0. The first-order valence-corrected chi connectivity index (χ1v) is 7.96. The molecule has 0 saturated carbocycles. The lowest BCUT2D eigenvalue weighted by Gasteiger charge is -2.25. The van der Waals surface area contributed by atoms with E-state index in [9.17, 15) is 0 Å². The van der Waals surface area contributed by atoms with E-state index in [0.717, 1.165) is 12.5 Å². The summed E-state index contributed by atoms with van der Waals surface area (Å²) in [6.07, 6.45) is 6.36. The average molecular weight is 253 g/mol. The first-order valence-electron chi connectivity index (χ1n) is 7.02. The van der Waals surface area contributed by atoms with Crippen molar-refractivity contribution < 1.29 is 0 Å². The highest BCUT2D eigenvalue weighted by Gasteiger charge is 2.15. The Morgan fingerprint density at radius 2 is 2.06 bits per heavy atom. The molecule has 0 aliphatic carbocycles. The largest absolute Gasteiger partial charge is 0.314 e. The number of hydrogen-bond donors (Lipinski definition) is 1. The third kappa shape index (κ3) is 5.69. The van der Waals surface area contributed by atoms with Crippen molar-refractivity contribution in [3.8, 4) is 0 Å². The van der Waals surface area contributed by atoms with Crippen LogP contribution >= 0.6 is 11.3 Å². The molecule has 0 fully saturated rings. The minimum Gasteiger partial charge on any atom is -0.314 e. The van der Waals surface area contributed by atoms with Gasteiger partial charge in [0.2, 0.25) is 0 Å². The maximum Gasteiger partial charge on any atom is 0.00958 e. The second-order valence-corrected chi connectivity index (χ2v) is 5.78. The van der Waals surface area contributed by atoms with E-state index in [1.165, 1.54) is 37.7 Å². The van der Waals surface area contributed by atoms with Gasteiger partial charge >= 0.3 is 0 Å². The van der Waals surface area contributed by atoms with Gasteiger partial charge in [-0.25, -0.2) is 0 Å². The van der Waals surface area contributed by atoms with Gasteiger partial charge < -0.3 is 5.32 Å². The smallest absolute Gasteiger partial charge is 0.00958 e. The van der Waals surface area contributed by atoms with Crippen LogP contribution in [0.3, 0.4) is 0 Å². The molecule has 0 spiro atoms. The van der Waals surface area contributed by atoms with Gasteiger partial charge in [-0.15, -0.1) is 0 Å². The monoisotopic (exact) mass is 253 g/mol. The van der Waals surface area contributed by atoms with Gasteiger partial charge in [0.1, 0.15) is 0 Å². The Bertz CT molecular complexity index is 268. The molecule has 1 nitrogen and oxygen atoms in total. The van der Waals surface area contributed by atoms with E-state index in [-0.39, 0.29) is 0 Å². The quantitative estimate of drug-likeness (QED) is 0.684. The third-order valence-corrected chi connectivity index (χ3v) is 4.14. The van der Waals surface area contributed by atoms with E-state index < -0.39 is 0 Å². The van der Waals surface area contributed by atoms with Crippen LogP contribution in [0.4, 0.5) is 0 Å². The van der Waals surface area contributed by atoms with Gasteiger partial charge in [0.25, 0.3) is 0 Å². The minimum atomic E-state index is 0.690. The molecule has 2 atom stereocenters. The highest BCUT2D eigenvalue weighted by molar-refractivity contribution is 7.07. The molecule has 0 aliphatic heterocycles. The average Bonchev–Trinajstić information content (AvgIpc) is 2.82. The van der Waals surface area contributed by atoms with Crippen LogP contribution in [0.25, 0.3) is 0 Å². The van der Waals surface area contributed by atoms with Crippen molar-refractivity contribution in [2.75, 3.05) is 6.54 Å². The molecule has 17 heavy (non-hydrogen) atoms. The summed E-state index contributed by atoms with van der Waals surface area (Å²) in [6.45, 7) is 8.08. The third-order valence-electron chi connectivity index (χ3n) is 3.41. The van der Waals surface area contributed by atoms with E-state index in [4.69, 9.17) is 0 Å². The molecule has 1 N–H and O–H groups in total. The molecule has 1 aromatic heterocycles. The van der Waals surface area contributed by atoms with Crippen molar-refractivity contribution in [3.05, 3.63) is 22.4 Å². The van der Waals surface area contributed by atoms with Gasteiger partial charge in [-0.3, -0.25) is 0 Å². The van der Waals surface area contributed by atoms with Crippen LogP contribution in [-0.4, -0.2) is 12.6 Å². The summed E-state index contributed by atoms with van der Waals surface area (Å²) in [5, 5.41) is 8.18. The van der Waals surface area contributed by atoms with Crippen LogP contribution in [0.15, 0.2) is 16.8 Å². The highest BCUT2D eigenvalue weighted by Crippen LogP contribution is 2.17. The fraction of sp³-hybridized carbons (Fsp3) is 0.733. The SMILES string of the molecule is CCCNC(CCc1ccsc1)C(C)CCC. The second-order valence-electron chi connectivity index (χ2n) is 5.00. The van der Waals surface area contributed by atoms with E-state index in [2.05, 4.69) is 42.9 Å². The molecule has 0 bridgehead atoms. The molecule has 0 aromatic carbocycles. The number of rotatable bonds is 9. The lowest BCUT2D eigenvalue weighted by molar-refractivity contribution is 0.337. The fourth-order valence-electron chi connectivity index (χ4n) is 2.33. The molecular formula is C15H27NS. The Balaban J connectivity index is 2.39.